The molecule has 8 heterocycles. The van der Waals surface area contributed by atoms with Gasteiger partial charge < -0.3 is 36.5 Å². The Kier molecular flexibility index (Phi) is 24.2. The van der Waals surface area contributed by atoms with Crippen molar-refractivity contribution in [2.24, 2.45) is 56.4 Å². The third-order valence-electron chi connectivity index (χ3n) is 29.9. The summed E-state index contributed by atoms with van der Waals surface area (Å²) in [5, 5.41) is 21.1. The molecule has 0 bridgehead atoms. The van der Waals surface area contributed by atoms with E-state index in [1.807, 2.05) is 30.3 Å². The Bertz CT molecular complexity index is 9710. The Balaban J connectivity index is 0.0000000968. The minimum atomic E-state index is 1.26. The van der Waals surface area contributed by atoms with Gasteiger partial charge in [-0.05, 0) is 203 Å². The van der Waals surface area contributed by atoms with Gasteiger partial charge in [0, 0.05) is 231 Å². The van der Waals surface area contributed by atoms with Crippen LogP contribution in [-0.2, 0) is 56.4 Å². The zero-order chi connectivity index (χ0) is 98.6. The Morgan fingerprint density at radius 2 is 0.317 bits per heavy atom. The highest BCUT2D eigenvalue weighted by atomic mass is 15.0. The van der Waals surface area contributed by atoms with Gasteiger partial charge in [0.2, 0.25) is 0 Å². The molecular formula is C137H112N8. The molecule has 21 aromatic carbocycles. The molecule has 29 aromatic rings. The van der Waals surface area contributed by atoms with Crippen LogP contribution in [0.1, 0.15) is 16.7 Å². The lowest BCUT2D eigenvalue weighted by molar-refractivity contribution is 1.01. The zero-order valence-electron chi connectivity index (χ0n) is 83.7. The number of para-hydroxylation sites is 8. The van der Waals surface area contributed by atoms with Gasteiger partial charge in [-0.15, -0.1) is 0 Å². The SMILES string of the molecule is Cc1ccc(-c2ccccc2)cc1.Cc1cccc(-c2ccccc2)c1.Cc1ccccc1.Cn1c2ccccc2c2c(-c3cccc4c3c3ccccc3n4C)cccc21.Cn1c2ccccc2c2cc(-c3ccc4c(c3)c3ccccc3n4C)ccc21.Cn1c2ccccc2c2cc(-c3cccc4c3c3ccccc3n4C)ccc21.Cn1c2ccccc2c2ccc(-c3cccc4c3c3ccccc3n4C)cc21. The first-order chi connectivity index (χ1) is 71.1. The molecule has 700 valence electrons. The first kappa shape index (κ1) is 90.8. The number of aromatic nitrogens is 8. The molecule has 0 saturated heterocycles. The molecule has 0 spiro atoms. The summed E-state index contributed by atoms with van der Waals surface area (Å²) in [6, 6.07) is 172. The summed E-state index contributed by atoms with van der Waals surface area (Å²) >= 11 is 0. The first-order valence-corrected chi connectivity index (χ1v) is 50.1. The van der Waals surface area contributed by atoms with E-state index in [4.69, 9.17) is 0 Å². The maximum atomic E-state index is 2.36. The van der Waals surface area contributed by atoms with Crippen LogP contribution in [0.5, 0.6) is 0 Å². The van der Waals surface area contributed by atoms with E-state index in [9.17, 15) is 0 Å². The summed E-state index contributed by atoms with van der Waals surface area (Å²) in [4.78, 5) is 0. The van der Waals surface area contributed by atoms with Gasteiger partial charge in [0.1, 0.15) is 0 Å². The zero-order valence-corrected chi connectivity index (χ0v) is 83.7. The average Bonchev–Trinajstić information content (AvgIpc) is 1.58. The summed E-state index contributed by atoms with van der Waals surface area (Å²) < 4.78 is 18.3. The molecular weight excluding hydrogens is 1760 g/mol. The molecule has 0 aliphatic heterocycles. The molecule has 0 radical (unpaired) electrons. The number of rotatable bonds is 6. The maximum Gasteiger partial charge on any atom is 0.0495 e. The summed E-state index contributed by atoms with van der Waals surface area (Å²) in [5.74, 6) is 0. The van der Waals surface area contributed by atoms with Gasteiger partial charge in [0.15, 0.2) is 0 Å². The third kappa shape index (κ3) is 16.6. The van der Waals surface area contributed by atoms with Crippen molar-refractivity contribution in [3.05, 3.63) is 496 Å². The second-order valence-corrected chi connectivity index (χ2v) is 38.5. The maximum absolute atomic E-state index is 2.36. The lowest BCUT2D eigenvalue weighted by Crippen LogP contribution is -1.88. The number of aryl methyl sites for hydroxylation is 11. The van der Waals surface area contributed by atoms with E-state index in [1.54, 1.807) is 0 Å². The highest BCUT2D eigenvalue weighted by Crippen LogP contribution is 2.46. The van der Waals surface area contributed by atoms with Crippen LogP contribution >= 0.6 is 0 Å². The molecule has 0 N–H and O–H groups in total. The number of nitrogens with zero attached hydrogens (tertiary/aromatic N) is 8. The van der Waals surface area contributed by atoms with Gasteiger partial charge in [-0.3, -0.25) is 0 Å². The summed E-state index contributed by atoms with van der Waals surface area (Å²) in [5.41, 5.74) is 39.7. The molecule has 29 rings (SSSR count). The minimum absolute atomic E-state index is 1.26. The molecule has 8 aromatic heterocycles. The predicted molar refractivity (Wildman–Crippen MR) is 624 cm³/mol. The largest absolute Gasteiger partial charge is 0.344 e. The highest BCUT2D eigenvalue weighted by Gasteiger charge is 2.22. The van der Waals surface area contributed by atoms with Crippen molar-refractivity contribution >= 4 is 174 Å². The van der Waals surface area contributed by atoms with Crippen molar-refractivity contribution in [3.63, 3.8) is 0 Å². The minimum Gasteiger partial charge on any atom is -0.344 e. The fraction of sp³-hybridized carbons (Fsp3) is 0.0803. The van der Waals surface area contributed by atoms with Crippen LogP contribution in [-0.4, -0.2) is 36.5 Å². The molecule has 0 atom stereocenters. The second kappa shape index (κ2) is 38.6. The topological polar surface area (TPSA) is 39.4 Å². The smallest absolute Gasteiger partial charge is 0.0495 e. The van der Waals surface area contributed by atoms with Crippen LogP contribution in [0.2, 0.25) is 0 Å². The van der Waals surface area contributed by atoms with E-state index in [1.165, 1.54) is 258 Å². The Morgan fingerprint density at radius 3 is 0.676 bits per heavy atom. The third-order valence-corrected chi connectivity index (χ3v) is 29.9. The molecule has 0 amide bonds. The number of benzene rings is 21. The van der Waals surface area contributed by atoms with Gasteiger partial charge in [0.05, 0.1) is 0 Å². The summed E-state index contributed by atoms with van der Waals surface area (Å²) in [6.45, 7) is 6.31. The van der Waals surface area contributed by atoms with Gasteiger partial charge in [0.25, 0.3) is 0 Å². The number of hydrogen-bond donors (Lipinski definition) is 0. The molecule has 0 fully saturated rings. The molecule has 8 nitrogen and oxygen atoms in total. The fourth-order valence-electron chi connectivity index (χ4n) is 22.5. The second-order valence-electron chi connectivity index (χ2n) is 38.5. The molecule has 0 unspecified atom stereocenters. The van der Waals surface area contributed by atoms with E-state index in [2.05, 4.69) is 563 Å². The van der Waals surface area contributed by atoms with Crippen molar-refractivity contribution in [1.82, 2.24) is 36.5 Å². The van der Waals surface area contributed by atoms with Crippen LogP contribution < -0.4 is 0 Å². The normalized spacial score (nSPS) is 11.4. The number of fused-ring (bicyclic) bond motifs is 24. The van der Waals surface area contributed by atoms with E-state index >= 15 is 0 Å². The molecule has 0 aliphatic rings. The lowest BCUT2D eigenvalue weighted by Gasteiger charge is -2.08. The highest BCUT2D eigenvalue weighted by molar-refractivity contribution is 6.23. The van der Waals surface area contributed by atoms with Gasteiger partial charge in [-0.1, -0.05) is 381 Å². The van der Waals surface area contributed by atoms with Crippen LogP contribution in [0, 0.1) is 20.8 Å². The van der Waals surface area contributed by atoms with E-state index in [0.29, 0.717) is 0 Å². The Morgan fingerprint density at radius 1 is 0.110 bits per heavy atom. The molecule has 8 heteroatoms. The van der Waals surface area contributed by atoms with Crippen molar-refractivity contribution in [1.29, 1.82) is 0 Å². The van der Waals surface area contributed by atoms with Crippen molar-refractivity contribution in [2.45, 2.75) is 20.8 Å². The van der Waals surface area contributed by atoms with Gasteiger partial charge in [-0.2, -0.15) is 0 Å². The van der Waals surface area contributed by atoms with E-state index in [0.717, 1.165) is 0 Å². The lowest BCUT2D eigenvalue weighted by atomic mass is 9.95. The van der Waals surface area contributed by atoms with Crippen molar-refractivity contribution in [2.75, 3.05) is 0 Å². The van der Waals surface area contributed by atoms with E-state index < -0.39 is 0 Å². The Hall–Kier alpha value is -18.0. The first-order valence-electron chi connectivity index (χ1n) is 50.1. The van der Waals surface area contributed by atoms with Crippen molar-refractivity contribution < 1.29 is 0 Å². The standard InChI is InChI=1S/4C26H20N2.2C13H12.C7H8/c1-27-21-13-5-3-9-19(21)25-17(11-7-15-23(25)27)18-12-8-16-24-26(18)20-10-4-6-14-22(20)28(24)2;1-27-23-12-6-4-9-21(23)26-18(10-7-13-24(26)27)17-14-15-20-19-8-3-5-11-22(19)28(2)25(20)16-17;1-27-22-11-5-3-8-19(22)21-16-17(14-15-24(21)27)18-10-7-13-25-26(18)20-9-4-6-12-23(20)28(25)2;1-27-23-9-5-3-7-19(23)21-15-17(11-13-25(21)27)18-12-14-26-22(16-18)20-8-4-6-10-24(20)28(26)2;1-11-6-5-9-13(10-11)12-7-3-2-4-8-12;1-11-7-9-13(10-8-11)12-5-3-2-4-6-12;1-7-5-3-2-4-6-7/h4*3-16H,1-2H3;2*2-10H,1H3;2-6H,1H3. The molecule has 145 heavy (non-hydrogen) atoms. The summed E-state index contributed by atoms with van der Waals surface area (Å²) in [6.07, 6.45) is 0. The molecule has 0 aliphatic carbocycles. The van der Waals surface area contributed by atoms with Crippen LogP contribution in [0.3, 0.4) is 0 Å². The van der Waals surface area contributed by atoms with Crippen LogP contribution in [0.25, 0.3) is 241 Å². The predicted octanol–water partition coefficient (Wildman–Crippen LogP) is 35.9. The summed E-state index contributed by atoms with van der Waals surface area (Å²) in [7, 11) is 17.2. The molecule has 0 saturated carbocycles. The van der Waals surface area contributed by atoms with Gasteiger partial charge in [-0.25, -0.2) is 0 Å². The van der Waals surface area contributed by atoms with Crippen LogP contribution in [0.4, 0.5) is 0 Å². The van der Waals surface area contributed by atoms with E-state index in [-0.39, 0.29) is 0 Å². The monoisotopic (exact) mass is 1870 g/mol. The Labute approximate surface area is 844 Å². The quantitative estimate of drug-likeness (QED) is 0.159. The van der Waals surface area contributed by atoms with Gasteiger partial charge >= 0.3 is 0 Å². The van der Waals surface area contributed by atoms with Crippen LogP contribution in [0.15, 0.2) is 479 Å². The van der Waals surface area contributed by atoms with Crippen molar-refractivity contribution in [3.8, 4) is 66.8 Å². The fourth-order valence-corrected chi connectivity index (χ4v) is 22.5. The number of hydrogen-bond acceptors (Lipinski definition) is 0. The average molecular weight is 1870 g/mol.